The maximum Gasteiger partial charge on any atom is 0.253 e. The number of hydrogen-bond donors (Lipinski definition) is 1. The van der Waals surface area contributed by atoms with Crippen molar-refractivity contribution in [3.05, 3.63) is 36.2 Å². The van der Waals surface area contributed by atoms with Crippen molar-refractivity contribution in [2.45, 2.75) is 31.7 Å². The molecule has 0 unspecified atom stereocenters. The Morgan fingerprint density at radius 3 is 2.39 bits per heavy atom. The molecule has 23 heavy (non-hydrogen) atoms. The van der Waals surface area contributed by atoms with Gasteiger partial charge in [0.15, 0.2) is 0 Å². The highest BCUT2D eigenvalue weighted by atomic mass is 16.2. The van der Waals surface area contributed by atoms with Gasteiger partial charge in [0.2, 0.25) is 5.91 Å². The Hall–Kier alpha value is -2.14. The zero-order valence-corrected chi connectivity index (χ0v) is 13.7. The lowest BCUT2D eigenvalue weighted by Gasteiger charge is -2.24. The lowest BCUT2D eigenvalue weighted by atomic mass is 9.86. The standard InChI is InChI=1S/C18H23N3O2/c1-20(2)17(22)13-3-4-14-10-21(11-15(14)9-13)18(23)12-5-7-16(19)8-6-12/h3-4,9-12,16H,5-8,19H2,1-2H3. The van der Waals surface area contributed by atoms with Crippen molar-refractivity contribution in [3.8, 4) is 0 Å². The van der Waals surface area contributed by atoms with Crippen LogP contribution in [0.2, 0.25) is 0 Å². The minimum Gasteiger partial charge on any atom is -0.345 e. The van der Waals surface area contributed by atoms with E-state index in [0.717, 1.165) is 36.5 Å². The average molecular weight is 313 g/mol. The van der Waals surface area contributed by atoms with Gasteiger partial charge in [-0.25, -0.2) is 0 Å². The second kappa shape index (κ2) is 6.16. The molecule has 0 spiro atoms. The predicted octanol–water partition coefficient (Wildman–Crippen LogP) is 2.50. The van der Waals surface area contributed by atoms with Gasteiger partial charge in [0.1, 0.15) is 0 Å². The first-order chi connectivity index (χ1) is 11.0. The largest absolute Gasteiger partial charge is 0.345 e. The van der Waals surface area contributed by atoms with Crippen LogP contribution in [-0.4, -0.2) is 41.4 Å². The highest BCUT2D eigenvalue weighted by Crippen LogP contribution is 2.26. The monoisotopic (exact) mass is 313 g/mol. The summed E-state index contributed by atoms with van der Waals surface area (Å²) in [5.74, 6) is 0.153. The van der Waals surface area contributed by atoms with E-state index in [1.54, 1.807) is 29.6 Å². The van der Waals surface area contributed by atoms with E-state index in [0.29, 0.717) is 5.56 Å². The molecule has 0 saturated heterocycles. The fourth-order valence-electron chi connectivity index (χ4n) is 3.24. The Bertz CT molecular complexity index is 740. The first kappa shape index (κ1) is 15.7. The van der Waals surface area contributed by atoms with Crippen molar-refractivity contribution in [2.75, 3.05) is 14.1 Å². The number of carbonyl (C=O) groups is 2. The molecule has 0 aliphatic heterocycles. The topological polar surface area (TPSA) is 68.3 Å². The van der Waals surface area contributed by atoms with E-state index in [1.165, 1.54) is 0 Å². The van der Waals surface area contributed by atoms with Gasteiger partial charge in [-0.05, 0) is 43.2 Å². The number of amides is 1. The summed E-state index contributed by atoms with van der Waals surface area (Å²) in [6.45, 7) is 0. The van der Waals surface area contributed by atoms with Crippen LogP contribution in [0.15, 0.2) is 30.6 Å². The van der Waals surface area contributed by atoms with Crippen LogP contribution in [0.4, 0.5) is 0 Å². The predicted molar refractivity (Wildman–Crippen MR) is 90.5 cm³/mol. The smallest absolute Gasteiger partial charge is 0.253 e. The van der Waals surface area contributed by atoms with Gasteiger partial charge in [-0.1, -0.05) is 6.07 Å². The molecule has 1 fully saturated rings. The Balaban J connectivity index is 1.85. The van der Waals surface area contributed by atoms with Crippen LogP contribution in [0.1, 0.15) is 40.8 Å². The van der Waals surface area contributed by atoms with Crippen molar-refractivity contribution in [1.29, 1.82) is 0 Å². The maximum atomic E-state index is 12.7. The molecular weight excluding hydrogens is 290 g/mol. The number of aromatic nitrogens is 1. The second-order valence-corrected chi connectivity index (χ2v) is 6.66. The molecule has 0 atom stereocenters. The van der Waals surface area contributed by atoms with Crippen LogP contribution in [-0.2, 0) is 0 Å². The van der Waals surface area contributed by atoms with E-state index >= 15 is 0 Å². The Labute approximate surface area is 136 Å². The molecular formula is C18H23N3O2. The van der Waals surface area contributed by atoms with Crippen LogP contribution in [0.5, 0.6) is 0 Å². The van der Waals surface area contributed by atoms with E-state index in [1.807, 2.05) is 24.5 Å². The molecule has 122 valence electrons. The molecule has 1 heterocycles. The summed E-state index contributed by atoms with van der Waals surface area (Å²) in [4.78, 5) is 26.2. The number of rotatable bonds is 2. The highest BCUT2D eigenvalue weighted by molar-refractivity contribution is 5.99. The minimum atomic E-state index is -0.0350. The Kier molecular flexibility index (Phi) is 4.22. The third-order valence-corrected chi connectivity index (χ3v) is 4.67. The van der Waals surface area contributed by atoms with Crippen LogP contribution in [0, 0.1) is 5.92 Å². The van der Waals surface area contributed by atoms with Gasteiger partial charge in [0, 0.05) is 49.4 Å². The number of hydrogen-bond acceptors (Lipinski definition) is 3. The number of fused-ring (bicyclic) bond motifs is 1. The van der Waals surface area contributed by atoms with Crippen molar-refractivity contribution in [2.24, 2.45) is 11.7 Å². The van der Waals surface area contributed by atoms with E-state index in [2.05, 4.69) is 0 Å². The molecule has 1 aliphatic carbocycles. The first-order valence-corrected chi connectivity index (χ1v) is 8.09. The first-order valence-electron chi connectivity index (χ1n) is 8.09. The zero-order valence-electron chi connectivity index (χ0n) is 13.7. The molecule has 5 nitrogen and oxygen atoms in total. The van der Waals surface area contributed by atoms with Gasteiger partial charge >= 0.3 is 0 Å². The maximum absolute atomic E-state index is 12.7. The lowest BCUT2D eigenvalue weighted by Crippen LogP contribution is -2.31. The van der Waals surface area contributed by atoms with E-state index in [4.69, 9.17) is 5.73 Å². The third-order valence-electron chi connectivity index (χ3n) is 4.67. The number of benzene rings is 1. The van der Waals surface area contributed by atoms with Gasteiger partial charge in [-0.2, -0.15) is 0 Å². The van der Waals surface area contributed by atoms with E-state index in [-0.39, 0.29) is 23.8 Å². The van der Waals surface area contributed by atoms with Gasteiger partial charge in [-0.3, -0.25) is 14.2 Å². The Morgan fingerprint density at radius 2 is 1.74 bits per heavy atom. The fourth-order valence-corrected chi connectivity index (χ4v) is 3.24. The van der Waals surface area contributed by atoms with E-state index < -0.39 is 0 Å². The summed E-state index contributed by atoms with van der Waals surface area (Å²) in [7, 11) is 3.46. The quantitative estimate of drug-likeness (QED) is 0.926. The lowest BCUT2D eigenvalue weighted by molar-refractivity contribution is 0.0796. The number of nitrogens with zero attached hydrogens (tertiary/aromatic N) is 2. The molecule has 1 aromatic carbocycles. The summed E-state index contributed by atoms with van der Waals surface area (Å²) in [6, 6.07) is 5.78. The van der Waals surface area contributed by atoms with Gasteiger partial charge in [0.05, 0.1) is 0 Å². The van der Waals surface area contributed by atoms with Crippen molar-refractivity contribution in [1.82, 2.24) is 9.47 Å². The molecule has 3 rings (SSSR count). The molecule has 2 aromatic rings. The fraction of sp³-hybridized carbons (Fsp3) is 0.444. The van der Waals surface area contributed by atoms with Crippen molar-refractivity contribution < 1.29 is 9.59 Å². The summed E-state index contributed by atoms with van der Waals surface area (Å²) in [6.07, 6.45) is 7.24. The van der Waals surface area contributed by atoms with Crippen molar-refractivity contribution in [3.63, 3.8) is 0 Å². The van der Waals surface area contributed by atoms with Crippen LogP contribution >= 0.6 is 0 Å². The van der Waals surface area contributed by atoms with Crippen LogP contribution < -0.4 is 5.73 Å². The summed E-state index contributed by atoms with van der Waals surface area (Å²) < 4.78 is 1.68. The molecule has 1 aliphatic rings. The summed E-state index contributed by atoms with van der Waals surface area (Å²) >= 11 is 0. The van der Waals surface area contributed by atoms with Crippen LogP contribution in [0.3, 0.4) is 0 Å². The molecule has 0 radical (unpaired) electrons. The summed E-state index contributed by atoms with van der Waals surface area (Å²) in [5.41, 5.74) is 6.55. The number of nitrogens with two attached hydrogens (primary N) is 1. The molecule has 1 saturated carbocycles. The molecule has 1 amide bonds. The minimum absolute atomic E-state index is 0.0350. The third kappa shape index (κ3) is 3.15. The highest BCUT2D eigenvalue weighted by Gasteiger charge is 2.25. The number of carbonyl (C=O) groups excluding carboxylic acids is 2. The van der Waals surface area contributed by atoms with E-state index in [9.17, 15) is 9.59 Å². The normalized spacial score (nSPS) is 21.3. The van der Waals surface area contributed by atoms with Crippen LogP contribution in [0.25, 0.3) is 10.8 Å². The van der Waals surface area contributed by atoms with Crippen molar-refractivity contribution >= 4 is 22.6 Å². The SMILES string of the molecule is CN(C)C(=O)c1ccc2cn(C(=O)C3CCC(N)CC3)cc2c1. The summed E-state index contributed by atoms with van der Waals surface area (Å²) in [5, 5.41) is 1.89. The zero-order chi connectivity index (χ0) is 16.6. The Morgan fingerprint density at radius 1 is 1.09 bits per heavy atom. The molecule has 1 aromatic heterocycles. The molecule has 0 bridgehead atoms. The average Bonchev–Trinajstić information content (AvgIpc) is 2.97. The second-order valence-electron chi connectivity index (χ2n) is 6.66. The van der Waals surface area contributed by atoms with Gasteiger partial charge < -0.3 is 10.6 Å². The molecule has 2 N–H and O–H groups in total. The molecule has 5 heteroatoms. The van der Waals surface area contributed by atoms with Gasteiger partial charge in [-0.15, -0.1) is 0 Å². The van der Waals surface area contributed by atoms with Gasteiger partial charge in [0.25, 0.3) is 5.91 Å².